The van der Waals surface area contributed by atoms with Gasteiger partial charge in [-0.05, 0) is 25.1 Å². The summed E-state index contributed by atoms with van der Waals surface area (Å²) in [4.78, 5) is 13.6. The highest BCUT2D eigenvalue weighted by atomic mass is 16.2. The van der Waals surface area contributed by atoms with E-state index in [9.17, 15) is 4.79 Å². The summed E-state index contributed by atoms with van der Waals surface area (Å²) in [7, 11) is 0. The summed E-state index contributed by atoms with van der Waals surface area (Å²) in [6.07, 6.45) is 0.330. The van der Waals surface area contributed by atoms with Gasteiger partial charge in [-0.25, -0.2) is 0 Å². The Kier molecular flexibility index (Phi) is 5.52. The van der Waals surface area contributed by atoms with Crippen LogP contribution in [-0.2, 0) is 4.79 Å². The number of hydrogen-bond acceptors (Lipinski definition) is 4. The number of rotatable bonds is 6. The molecule has 5 nitrogen and oxygen atoms in total. The first kappa shape index (κ1) is 13.8. The summed E-state index contributed by atoms with van der Waals surface area (Å²) in [5.41, 5.74) is 7.32. The zero-order valence-corrected chi connectivity index (χ0v) is 10.5. The van der Waals surface area contributed by atoms with E-state index in [1.54, 1.807) is 0 Å². The van der Waals surface area contributed by atoms with Gasteiger partial charge < -0.3 is 16.0 Å². The molecule has 1 rings (SSSR count). The molecule has 0 unspecified atom stereocenters. The Labute approximate surface area is 107 Å². The van der Waals surface area contributed by atoms with Crippen LogP contribution in [0.5, 0.6) is 0 Å². The molecule has 0 atom stereocenters. The number of nitriles is 1. The lowest BCUT2D eigenvalue weighted by Crippen LogP contribution is -2.37. The SMILES string of the molecule is CCN(CC(=O)NCCC#N)c1cccc(N)c1. The Morgan fingerprint density at radius 3 is 2.94 bits per heavy atom. The lowest BCUT2D eigenvalue weighted by Gasteiger charge is -2.22. The number of carbonyl (C=O) groups excluding carboxylic acids is 1. The van der Waals surface area contributed by atoms with Gasteiger partial charge in [0, 0.05) is 24.5 Å². The highest BCUT2D eigenvalue weighted by Crippen LogP contribution is 2.16. The topological polar surface area (TPSA) is 82.2 Å². The predicted molar refractivity (Wildman–Crippen MR) is 72.0 cm³/mol. The van der Waals surface area contributed by atoms with E-state index >= 15 is 0 Å². The Bertz CT molecular complexity index is 439. The fourth-order valence-corrected chi connectivity index (χ4v) is 1.59. The Hall–Kier alpha value is -2.22. The van der Waals surface area contributed by atoms with Crippen molar-refractivity contribution in [2.45, 2.75) is 13.3 Å². The van der Waals surface area contributed by atoms with Crippen LogP contribution in [0, 0.1) is 11.3 Å². The van der Waals surface area contributed by atoms with Crippen molar-refractivity contribution in [2.24, 2.45) is 0 Å². The second-order valence-corrected chi connectivity index (χ2v) is 3.87. The number of benzene rings is 1. The number of nitrogens with zero attached hydrogens (tertiary/aromatic N) is 2. The quantitative estimate of drug-likeness (QED) is 0.582. The minimum absolute atomic E-state index is 0.0884. The Morgan fingerprint density at radius 2 is 2.33 bits per heavy atom. The summed E-state index contributed by atoms with van der Waals surface area (Å²) in [5, 5.41) is 11.1. The number of anilines is 2. The summed E-state index contributed by atoms with van der Waals surface area (Å²) < 4.78 is 0. The fourth-order valence-electron chi connectivity index (χ4n) is 1.59. The van der Waals surface area contributed by atoms with Crippen LogP contribution in [0.4, 0.5) is 11.4 Å². The van der Waals surface area contributed by atoms with Gasteiger partial charge in [-0.2, -0.15) is 5.26 Å². The minimum Gasteiger partial charge on any atom is -0.399 e. The fraction of sp³-hybridized carbons (Fsp3) is 0.385. The molecule has 0 saturated heterocycles. The van der Waals surface area contributed by atoms with E-state index in [4.69, 9.17) is 11.0 Å². The average Bonchev–Trinajstić information content (AvgIpc) is 2.36. The normalized spacial score (nSPS) is 9.56. The molecular weight excluding hydrogens is 228 g/mol. The molecule has 96 valence electrons. The van der Waals surface area contributed by atoms with Crippen molar-refractivity contribution < 1.29 is 4.79 Å². The Balaban J connectivity index is 2.57. The van der Waals surface area contributed by atoms with Gasteiger partial charge in [0.25, 0.3) is 0 Å². The molecule has 0 radical (unpaired) electrons. The first-order chi connectivity index (χ1) is 8.67. The third-order valence-electron chi connectivity index (χ3n) is 2.51. The minimum atomic E-state index is -0.0884. The van der Waals surface area contributed by atoms with Crippen molar-refractivity contribution in [2.75, 3.05) is 30.3 Å². The number of nitrogens with two attached hydrogens (primary N) is 1. The average molecular weight is 246 g/mol. The molecule has 0 saturated carbocycles. The number of carbonyl (C=O) groups is 1. The van der Waals surface area contributed by atoms with E-state index in [2.05, 4.69) is 5.32 Å². The molecule has 1 aromatic carbocycles. The number of hydrogen-bond donors (Lipinski definition) is 2. The smallest absolute Gasteiger partial charge is 0.239 e. The second-order valence-electron chi connectivity index (χ2n) is 3.87. The summed E-state index contributed by atoms with van der Waals surface area (Å²) in [6, 6.07) is 9.41. The van der Waals surface area contributed by atoms with Gasteiger partial charge in [0.1, 0.15) is 0 Å². The standard InChI is InChI=1S/C13H18N4O/c1-2-17(10-13(18)16-8-4-7-14)12-6-3-5-11(15)9-12/h3,5-6,9H,2,4,8,10,15H2,1H3,(H,16,18). The number of nitrogen functional groups attached to an aromatic ring is 1. The van der Waals surface area contributed by atoms with Crippen LogP contribution in [0.2, 0.25) is 0 Å². The van der Waals surface area contributed by atoms with Crippen LogP contribution in [0.1, 0.15) is 13.3 Å². The van der Waals surface area contributed by atoms with E-state index < -0.39 is 0 Å². The van der Waals surface area contributed by atoms with Crippen molar-refractivity contribution in [3.63, 3.8) is 0 Å². The maximum Gasteiger partial charge on any atom is 0.239 e. The highest BCUT2D eigenvalue weighted by Gasteiger charge is 2.09. The maximum absolute atomic E-state index is 11.7. The van der Waals surface area contributed by atoms with Gasteiger partial charge in [-0.3, -0.25) is 4.79 Å². The Morgan fingerprint density at radius 1 is 1.56 bits per heavy atom. The maximum atomic E-state index is 11.7. The monoisotopic (exact) mass is 246 g/mol. The van der Waals surface area contributed by atoms with Gasteiger partial charge in [-0.1, -0.05) is 6.07 Å². The van der Waals surface area contributed by atoms with Crippen LogP contribution in [0.25, 0.3) is 0 Å². The molecule has 0 fully saturated rings. The van der Waals surface area contributed by atoms with Gasteiger partial charge in [0.05, 0.1) is 19.0 Å². The molecule has 0 aliphatic heterocycles. The van der Waals surface area contributed by atoms with E-state index in [1.165, 1.54) is 0 Å². The molecular formula is C13H18N4O. The number of nitrogens with one attached hydrogen (secondary N) is 1. The van der Waals surface area contributed by atoms with Gasteiger partial charge in [0.2, 0.25) is 5.91 Å². The number of likely N-dealkylation sites (N-methyl/N-ethyl adjacent to an activating group) is 1. The molecule has 18 heavy (non-hydrogen) atoms. The van der Waals surface area contributed by atoms with Crippen molar-refractivity contribution in [3.8, 4) is 6.07 Å². The first-order valence-electron chi connectivity index (χ1n) is 5.91. The molecule has 3 N–H and O–H groups in total. The summed E-state index contributed by atoms with van der Waals surface area (Å²) >= 11 is 0. The third-order valence-corrected chi connectivity index (χ3v) is 2.51. The zero-order chi connectivity index (χ0) is 13.4. The molecule has 0 aliphatic carbocycles. The summed E-state index contributed by atoms with van der Waals surface area (Å²) in [6.45, 7) is 3.36. The van der Waals surface area contributed by atoms with E-state index in [-0.39, 0.29) is 12.5 Å². The zero-order valence-electron chi connectivity index (χ0n) is 10.5. The molecule has 1 amide bonds. The van der Waals surface area contributed by atoms with Crippen molar-refractivity contribution in [1.29, 1.82) is 5.26 Å². The first-order valence-corrected chi connectivity index (χ1v) is 5.91. The molecule has 1 aromatic rings. The molecule has 0 spiro atoms. The second kappa shape index (κ2) is 7.17. The highest BCUT2D eigenvalue weighted by molar-refractivity contribution is 5.81. The largest absolute Gasteiger partial charge is 0.399 e. The third kappa shape index (κ3) is 4.34. The molecule has 0 aromatic heterocycles. The van der Waals surface area contributed by atoms with Gasteiger partial charge in [0.15, 0.2) is 0 Å². The molecule has 0 heterocycles. The van der Waals surface area contributed by atoms with E-state index in [0.29, 0.717) is 18.7 Å². The predicted octanol–water partition coefficient (Wildman–Crippen LogP) is 1.12. The van der Waals surface area contributed by atoms with Crippen LogP contribution >= 0.6 is 0 Å². The lowest BCUT2D eigenvalue weighted by molar-refractivity contribution is -0.119. The van der Waals surface area contributed by atoms with Crippen LogP contribution in [0.3, 0.4) is 0 Å². The molecule has 5 heteroatoms. The summed E-state index contributed by atoms with van der Waals surface area (Å²) in [5.74, 6) is -0.0884. The van der Waals surface area contributed by atoms with Crippen molar-refractivity contribution in [1.82, 2.24) is 5.32 Å². The van der Waals surface area contributed by atoms with Crippen molar-refractivity contribution in [3.05, 3.63) is 24.3 Å². The lowest BCUT2D eigenvalue weighted by atomic mass is 10.2. The number of amides is 1. The van der Waals surface area contributed by atoms with Gasteiger partial charge >= 0.3 is 0 Å². The van der Waals surface area contributed by atoms with Crippen molar-refractivity contribution >= 4 is 17.3 Å². The molecule has 0 aliphatic rings. The van der Waals surface area contributed by atoms with E-state index in [0.717, 1.165) is 12.2 Å². The molecule has 0 bridgehead atoms. The van der Waals surface area contributed by atoms with E-state index in [1.807, 2.05) is 42.2 Å². The van der Waals surface area contributed by atoms with Crippen LogP contribution in [0.15, 0.2) is 24.3 Å². The van der Waals surface area contributed by atoms with Crippen LogP contribution < -0.4 is 16.0 Å². The van der Waals surface area contributed by atoms with Gasteiger partial charge in [-0.15, -0.1) is 0 Å². The van der Waals surface area contributed by atoms with Crippen LogP contribution in [-0.4, -0.2) is 25.5 Å².